The minimum atomic E-state index is 0.497. The van der Waals surface area contributed by atoms with E-state index < -0.39 is 0 Å². The Bertz CT molecular complexity index is 174. The number of hydrogen-bond donors (Lipinski definition) is 1. The molecular weight excluding hydrogens is 191 g/mol. The molecular formula is C4H4BrClN2. The molecule has 0 bridgehead atoms. The largest absolute Gasteiger partial charge is 0.284 e. The van der Waals surface area contributed by atoms with Crippen LogP contribution in [0.4, 0.5) is 0 Å². The maximum absolute atomic E-state index is 5.48. The van der Waals surface area contributed by atoms with Crippen LogP contribution in [0, 0.1) is 0 Å². The zero-order valence-corrected chi connectivity index (χ0v) is 6.33. The second kappa shape index (κ2) is 2.51. The molecule has 0 fully saturated rings. The Hall–Kier alpha value is -0.0200. The van der Waals surface area contributed by atoms with Gasteiger partial charge in [0, 0.05) is 11.8 Å². The minimum Gasteiger partial charge on any atom is -0.284 e. The highest BCUT2D eigenvalue weighted by atomic mass is 79.9. The first-order chi connectivity index (χ1) is 3.84. The molecule has 0 saturated carbocycles. The molecule has 0 unspecified atom stereocenters. The van der Waals surface area contributed by atoms with E-state index in [-0.39, 0.29) is 0 Å². The molecule has 1 heterocycles. The van der Waals surface area contributed by atoms with Gasteiger partial charge in [-0.25, -0.2) is 0 Å². The van der Waals surface area contributed by atoms with Crippen molar-refractivity contribution in [1.82, 2.24) is 10.2 Å². The van der Waals surface area contributed by atoms with Crippen molar-refractivity contribution in [3.63, 3.8) is 0 Å². The Labute approximate surface area is 60.4 Å². The molecule has 0 aromatic carbocycles. The van der Waals surface area contributed by atoms with Gasteiger partial charge in [-0.15, -0.1) is 11.6 Å². The van der Waals surface area contributed by atoms with E-state index in [1.165, 1.54) is 0 Å². The summed E-state index contributed by atoms with van der Waals surface area (Å²) in [6.07, 6.45) is 1.76. The van der Waals surface area contributed by atoms with Gasteiger partial charge in [-0.1, -0.05) is 0 Å². The van der Waals surface area contributed by atoms with Crippen LogP contribution in [0.15, 0.2) is 10.8 Å². The molecule has 2 nitrogen and oxygen atoms in total. The summed E-state index contributed by atoms with van der Waals surface area (Å²) < 4.78 is 0.799. The van der Waals surface area contributed by atoms with Gasteiger partial charge in [0.25, 0.3) is 0 Å². The van der Waals surface area contributed by atoms with Gasteiger partial charge in [0.2, 0.25) is 0 Å². The van der Waals surface area contributed by atoms with Crippen LogP contribution in [0.25, 0.3) is 0 Å². The number of nitrogens with zero attached hydrogens (tertiary/aromatic N) is 1. The molecule has 0 saturated heterocycles. The SMILES string of the molecule is ClCc1c[nH]nc1Br. The highest BCUT2D eigenvalue weighted by Crippen LogP contribution is 2.13. The Morgan fingerprint density at radius 2 is 2.62 bits per heavy atom. The standard InChI is InChI=1S/C4H4BrClN2/c5-4-3(1-6)2-7-8-4/h2H,1H2,(H,7,8). The van der Waals surface area contributed by atoms with Crippen molar-refractivity contribution in [3.8, 4) is 0 Å². The van der Waals surface area contributed by atoms with Crippen molar-refractivity contribution in [2.75, 3.05) is 0 Å². The lowest BCUT2D eigenvalue weighted by molar-refractivity contribution is 1.07. The number of aromatic nitrogens is 2. The van der Waals surface area contributed by atoms with Crippen LogP contribution >= 0.6 is 27.5 Å². The fourth-order valence-electron chi connectivity index (χ4n) is 0.392. The van der Waals surface area contributed by atoms with Crippen molar-refractivity contribution in [3.05, 3.63) is 16.4 Å². The Kier molecular flexibility index (Phi) is 1.91. The van der Waals surface area contributed by atoms with Crippen LogP contribution < -0.4 is 0 Å². The lowest BCUT2D eigenvalue weighted by atomic mass is 10.4. The van der Waals surface area contributed by atoms with Crippen LogP contribution in [0.1, 0.15) is 5.56 Å². The quantitative estimate of drug-likeness (QED) is 0.682. The Morgan fingerprint density at radius 3 is 2.88 bits per heavy atom. The smallest absolute Gasteiger partial charge is 0.132 e. The number of nitrogens with one attached hydrogen (secondary N) is 1. The molecule has 0 aliphatic heterocycles. The fraction of sp³-hybridized carbons (Fsp3) is 0.250. The van der Waals surface area contributed by atoms with Gasteiger partial charge in [0.05, 0.1) is 5.88 Å². The number of rotatable bonds is 1. The number of H-pyrrole nitrogens is 1. The van der Waals surface area contributed by atoms with E-state index in [1.54, 1.807) is 6.20 Å². The number of alkyl halides is 1. The molecule has 0 spiro atoms. The first-order valence-corrected chi connectivity index (χ1v) is 3.41. The zero-order chi connectivity index (χ0) is 5.98. The second-order valence-electron chi connectivity index (χ2n) is 1.33. The van der Waals surface area contributed by atoms with Crippen molar-refractivity contribution >= 4 is 27.5 Å². The summed E-state index contributed by atoms with van der Waals surface area (Å²) in [5.41, 5.74) is 0.992. The summed E-state index contributed by atoms with van der Waals surface area (Å²) in [4.78, 5) is 0. The van der Waals surface area contributed by atoms with Crippen LogP contribution in [-0.4, -0.2) is 10.2 Å². The van der Waals surface area contributed by atoms with E-state index in [9.17, 15) is 0 Å². The van der Waals surface area contributed by atoms with E-state index in [1.807, 2.05) is 0 Å². The summed E-state index contributed by atoms with van der Waals surface area (Å²) in [5.74, 6) is 0.497. The van der Waals surface area contributed by atoms with Crippen molar-refractivity contribution in [2.45, 2.75) is 5.88 Å². The third kappa shape index (κ3) is 1.03. The van der Waals surface area contributed by atoms with Crippen LogP contribution in [0.3, 0.4) is 0 Å². The van der Waals surface area contributed by atoms with Crippen molar-refractivity contribution in [2.24, 2.45) is 0 Å². The first kappa shape index (κ1) is 6.11. The van der Waals surface area contributed by atoms with Gasteiger partial charge in [0.1, 0.15) is 4.60 Å². The summed E-state index contributed by atoms with van der Waals surface area (Å²) in [6.45, 7) is 0. The molecule has 8 heavy (non-hydrogen) atoms. The molecule has 1 aromatic rings. The molecule has 1 N–H and O–H groups in total. The molecule has 0 atom stereocenters. The second-order valence-corrected chi connectivity index (χ2v) is 2.35. The van der Waals surface area contributed by atoms with Gasteiger partial charge >= 0.3 is 0 Å². The van der Waals surface area contributed by atoms with E-state index in [0.29, 0.717) is 5.88 Å². The average molecular weight is 195 g/mol. The molecule has 1 aromatic heterocycles. The third-order valence-electron chi connectivity index (χ3n) is 0.810. The summed E-state index contributed by atoms with van der Waals surface area (Å²) in [7, 11) is 0. The van der Waals surface area contributed by atoms with E-state index in [2.05, 4.69) is 26.1 Å². The van der Waals surface area contributed by atoms with E-state index in [4.69, 9.17) is 11.6 Å². The molecule has 4 heteroatoms. The highest BCUT2D eigenvalue weighted by Gasteiger charge is 1.96. The van der Waals surface area contributed by atoms with Crippen LogP contribution in [-0.2, 0) is 5.88 Å². The highest BCUT2D eigenvalue weighted by molar-refractivity contribution is 9.10. The monoisotopic (exact) mass is 194 g/mol. The predicted molar refractivity (Wildman–Crippen MR) is 35.8 cm³/mol. The Morgan fingerprint density at radius 1 is 1.88 bits per heavy atom. The van der Waals surface area contributed by atoms with Gasteiger partial charge in [-0.05, 0) is 15.9 Å². The van der Waals surface area contributed by atoms with Gasteiger partial charge in [-0.2, -0.15) is 5.10 Å². The van der Waals surface area contributed by atoms with Crippen LogP contribution in [0.5, 0.6) is 0 Å². The van der Waals surface area contributed by atoms with E-state index >= 15 is 0 Å². The van der Waals surface area contributed by atoms with Gasteiger partial charge < -0.3 is 0 Å². The number of halogens is 2. The number of aromatic amines is 1. The molecule has 44 valence electrons. The normalized spacial score (nSPS) is 9.75. The van der Waals surface area contributed by atoms with E-state index in [0.717, 1.165) is 10.2 Å². The summed E-state index contributed by atoms with van der Waals surface area (Å²) >= 11 is 8.68. The average Bonchev–Trinajstić information content (AvgIpc) is 2.14. The topological polar surface area (TPSA) is 28.7 Å². The summed E-state index contributed by atoms with van der Waals surface area (Å²) in [5, 5.41) is 6.46. The lowest BCUT2D eigenvalue weighted by Crippen LogP contribution is -1.70. The van der Waals surface area contributed by atoms with Crippen molar-refractivity contribution < 1.29 is 0 Å². The van der Waals surface area contributed by atoms with Gasteiger partial charge in [0.15, 0.2) is 0 Å². The molecule has 0 amide bonds. The molecule has 0 radical (unpaired) electrons. The lowest BCUT2D eigenvalue weighted by Gasteiger charge is -1.81. The minimum absolute atomic E-state index is 0.497. The third-order valence-corrected chi connectivity index (χ3v) is 1.78. The summed E-state index contributed by atoms with van der Waals surface area (Å²) in [6, 6.07) is 0. The first-order valence-electron chi connectivity index (χ1n) is 2.08. The zero-order valence-electron chi connectivity index (χ0n) is 3.99. The number of hydrogen-bond acceptors (Lipinski definition) is 1. The van der Waals surface area contributed by atoms with Crippen LogP contribution in [0.2, 0.25) is 0 Å². The van der Waals surface area contributed by atoms with Crippen molar-refractivity contribution in [1.29, 1.82) is 0 Å². The fourth-order valence-corrected chi connectivity index (χ4v) is 1.11. The molecule has 0 aliphatic carbocycles. The maximum Gasteiger partial charge on any atom is 0.132 e. The van der Waals surface area contributed by atoms with Gasteiger partial charge in [-0.3, -0.25) is 5.10 Å². The molecule has 1 rings (SSSR count). The molecule has 0 aliphatic rings. The Balaban J connectivity index is 2.92. The predicted octanol–water partition coefficient (Wildman–Crippen LogP) is 1.91. The maximum atomic E-state index is 5.48.